The van der Waals surface area contributed by atoms with Crippen LogP contribution in [0.2, 0.25) is 0 Å². The first kappa shape index (κ1) is 16.5. The molecule has 0 unspecified atom stereocenters. The van der Waals surface area contributed by atoms with E-state index < -0.39 is 6.36 Å². The normalized spacial score (nSPS) is 11.2. The van der Waals surface area contributed by atoms with Crippen molar-refractivity contribution < 1.29 is 17.9 Å². The van der Waals surface area contributed by atoms with E-state index in [-0.39, 0.29) is 11.4 Å². The molecule has 3 rings (SSSR count). The molecule has 0 aliphatic heterocycles. The Balaban J connectivity index is 1.97. The van der Waals surface area contributed by atoms with Gasteiger partial charge in [-0.2, -0.15) is 5.26 Å². The number of aryl methyl sites for hydroxylation is 1. The predicted octanol–water partition coefficient (Wildman–Crippen LogP) is 4.22. The Kier molecular flexibility index (Phi) is 4.15. The minimum Gasteiger partial charge on any atom is -0.406 e. The summed E-state index contributed by atoms with van der Waals surface area (Å²) in [6, 6.07) is 13.1. The summed E-state index contributed by atoms with van der Waals surface area (Å²) >= 11 is 0. The van der Waals surface area contributed by atoms with Gasteiger partial charge in [0.15, 0.2) is 5.69 Å². The van der Waals surface area contributed by atoms with Crippen molar-refractivity contribution in [3.8, 4) is 34.2 Å². The van der Waals surface area contributed by atoms with E-state index in [2.05, 4.69) is 20.1 Å². The van der Waals surface area contributed by atoms with E-state index in [1.165, 1.54) is 24.3 Å². The van der Waals surface area contributed by atoms with Gasteiger partial charge >= 0.3 is 6.36 Å². The molecule has 1 aromatic heterocycles. The van der Waals surface area contributed by atoms with Gasteiger partial charge < -0.3 is 4.74 Å². The van der Waals surface area contributed by atoms with Gasteiger partial charge in [-0.25, -0.2) is 5.10 Å². The molecule has 1 N–H and O–H groups in total. The van der Waals surface area contributed by atoms with Crippen molar-refractivity contribution in [2.45, 2.75) is 13.3 Å². The molecule has 8 heteroatoms. The van der Waals surface area contributed by atoms with Crippen molar-refractivity contribution in [1.29, 1.82) is 5.26 Å². The first-order chi connectivity index (χ1) is 11.9. The molecule has 0 aliphatic rings. The number of hydrogen-bond acceptors (Lipinski definition) is 4. The van der Waals surface area contributed by atoms with Crippen LogP contribution in [0.15, 0.2) is 42.5 Å². The predicted molar refractivity (Wildman–Crippen MR) is 83.4 cm³/mol. The Hall–Kier alpha value is -3.34. The molecular formula is C17H11F3N4O. The van der Waals surface area contributed by atoms with Crippen LogP contribution in [0.5, 0.6) is 5.75 Å². The highest BCUT2D eigenvalue weighted by Gasteiger charge is 2.30. The number of nitrogens with zero attached hydrogens (tertiary/aromatic N) is 3. The van der Waals surface area contributed by atoms with Crippen LogP contribution in [0.3, 0.4) is 0 Å². The minimum absolute atomic E-state index is 0.241. The lowest BCUT2D eigenvalue weighted by molar-refractivity contribution is -0.274. The second-order valence-electron chi connectivity index (χ2n) is 5.31. The van der Waals surface area contributed by atoms with Crippen LogP contribution in [0.4, 0.5) is 13.2 Å². The number of alkyl halides is 3. The van der Waals surface area contributed by atoms with E-state index in [1.54, 1.807) is 6.07 Å². The molecule has 2 aromatic carbocycles. The molecule has 0 amide bonds. The minimum atomic E-state index is -4.72. The molecule has 0 bridgehead atoms. The van der Waals surface area contributed by atoms with Crippen LogP contribution in [0.1, 0.15) is 11.3 Å². The number of benzene rings is 2. The van der Waals surface area contributed by atoms with E-state index >= 15 is 0 Å². The number of aromatic amines is 1. The maximum atomic E-state index is 12.2. The Bertz CT molecular complexity index is 940. The summed E-state index contributed by atoms with van der Waals surface area (Å²) < 4.78 is 40.6. The number of hydrogen-bond donors (Lipinski definition) is 1. The quantitative estimate of drug-likeness (QED) is 0.772. The maximum absolute atomic E-state index is 12.2. The summed E-state index contributed by atoms with van der Waals surface area (Å²) in [5.41, 5.74) is 3.75. The molecule has 0 radical (unpaired) electrons. The summed E-state index contributed by atoms with van der Waals surface area (Å²) in [4.78, 5) is 0. The van der Waals surface area contributed by atoms with Gasteiger partial charge in [0, 0.05) is 5.56 Å². The number of rotatable bonds is 3. The Morgan fingerprint density at radius 2 is 1.72 bits per heavy atom. The van der Waals surface area contributed by atoms with Crippen molar-refractivity contribution in [2.75, 3.05) is 0 Å². The van der Waals surface area contributed by atoms with Crippen LogP contribution in [-0.2, 0) is 0 Å². The zero-order chi connectivity index (χ0) is 18.0. The lowest BCUT2D eigenvalue weighted by Crippen LogP contribution is -2.16. The van der Waals surface area contributed by atoms with Crippen molar-refractivity contribution >= 4 is 0 Å². The summed E-state index contributed by atoms with van der Waals surface area (Å²) in [6.07, 6.45) is -4.72. The van der Waals surface area contributed by atoms with Gasteiger partial charge in [0.2, 0.25) is 0 Å². The summed E-state index contributed by atoms with van der Waals surface area (Å²) in [6.45, 7) is 1.88. The SMILES string of the molecule is Cc1cc(-c2ccc(OC(F)(F)F)cc2)cc(-c2nn[nH]c2C#N)c1. The highest BCUT2D eigenvalue weighted by molar-refractivity contribution is 5.74. The van der Waals surface area contributed by atoms with Crippen LogP contribution in [-0.4, -0.2) is 21.8 Å². The summed E-state index contributed by atoms with van der Waals surface area (Å²) in [7, 11) is 0. The van der Waals surface area contributed by atoms with E-state index in [9.17, 15) is 13.2 Å². The molecule has 126 valence electrons. The van der Waals surface area contributed by atoms with E-state index in [4.69, 9.17) is 5.26 Å². The molecule has 5 nitrogen and oxygen atoms in total. The Morgan fingerprint density at radius 1 is 1.04 bits per heavy atom. The van der Waals surface area contributed by atoms with Gasteiger partial charge in [-0.3, -0.25) is 0 Å². The number of halogens is 3. The standard InChI is InChI=1S/C17H11F3N4O/c1-10-6-12(8-13(7-10)16-15(9-21)22-24-23-16)11-2-4-14(5-3-11)25-17(18,19)20/h2-8H,1H3,(H,22,23,24). The first-order valence-electron chi connectivity index (χ1n) is 7.15. The van der Waals surface area contributed by atoms with Gasteiger partial charge in [0.05, 0.1) is 0 Å². The van der Waals surface area contributed by atoms with Crippen LogP contribution >= 0.6 is 0 Å². The average Bonchev–Trinajstić information content (AvgIpc) is 3.02. The van der Waals surface area contributed by atoms with Gasteiger partial charge in [0.25, 0.3) is 0 Å². The topological polar surface area (TPSA) is 74.6 Å². The van der Waals surface area contributed by atoms with Crippen molar-refractivity contribution in [3.63, 3.8) is 0 Å². The number of ether oxygens (including phenoxy) is 1. The summed E-state index contributed by atoms with van der Waals surface area (Å²) in [5, 5.41) is 19.1. The second-order valence-corrected chi connectivity index (χ2v) is 5.31. The lowest BCUT2D eigenvalue weighted by atomic mass is 9.98. The molecule has 25 heavy (non-hydrogen) atoms. The molecule has 3 aromatic rings. The third-order valence-electron chi connectivity index (χ3n) is 3.43. The second kappa shape index (κ2) is 6.28. The fourth-order valence-corrected chi connectivity index (χ4v) is 2.44. The van der Waals surface area contributed by atoms with E-state index in [0.717, 1.165) is 11.1 Å². The number of nitrogens with one attached hydrogen (secondary N) is 1. The molecule has 0 fully saturated rings. The highest BCUT2D eigenvalue weighted by Crippen LogP contribution is 2.30. The van der Waals surface area contributed by atoms with Gasteiger partial charge in [-0.15, -0.1) is 18.3 Å². The molecule has 0 saturated carbocycles. The van der Waals surface area contributed by atoms with Gasteiger partial charge in [-0.1, -0.05) is 23.4 Å². The van der Waals surface area contributed by atoms with Crippen LogP contribution < -0.4 is 4.74 Å². The van der Waals surface area contributed by atoms with Gasteiger partial charge in [0.1, 0.15) is 17.5 Å². The zero-order valence-electron chi connectivity index (χ0n) is 12.9. The lowest BCUT2D eigenvalue weighted by Gasteiger charge is -2.10. The van der Waals surface area contributed by atoms with E-state index in [1.807, 2.05) is 25.1 Å². The first-order valence-corrected chi connectivity index (χ1v) is 7.15. The monoisotopic (exact) mass is 344 g/mol. The van der Waals surface area contributed by atoms with Crippen molar-refractivity contribution in [2.24, 2.45) is 0 Å². The molecule has 0 atom stereocenters. The number of nitriles is 1. The Labute approximate surface area is 140 Å². The van der Waals surface area contributed by atoms with Crippen molar-refractivity contribution in [3.05, 3.63) is 53.7 Å². The molecule has 1 heterocycles. The molecule has 0 saturated heterocycles. The molecule has 0 spiro atoms. The maximum Gasteiger partial charge on any atom is 0.573 e. The fraction of sp³-hybridized carbons (Fsp3) is 0.118. The van der Waals surface area contributed by atoms with Gasteiger partial charge in [-0.05, 0) is 47.9 Å². The number of H-pyrrole nitrogens is 1. The zero-order valence-corrected chi connectivity index (χ0v) is 12.9. The van der Waals surface area contributed by atoms with Crippen LogP contribution in [0.25, 0.3) is 22.4 Å². The summed E-state index contributed by atoms with van der Waals surface area (Å²) in [5.74, 6) is -0.285. The third-order valence-corrected chi connectivity index (χ3v) is 3.43. The van der Waals surface area contributed by atoms with Crippen LogP contribution in [0, 0.1) is 18.3 Å². The largest absolute Gasteiger partial charge is 0.573 e. The number of aromatic nitrogens is 3. The fourth-order valence-electron chi connectivity index (χ4n) is 2.44. The van der Waals surface area contributed by atoms with E-state index in [0.29, 0.717) is 16.8 Å². The third kappa shape index (κ3) is 3.77. The average molecular weight is 344 g/mol. The smallest absolute Gasteiger partial charge is 0.406 e. The highest BCUT2D eigenvalue weighted by atomic mass is 19.4. The molecular weight excluding hydrogens is 333 g/mol. The Morgan fingerprint density at radius 3 is 2.36 bits per heavy atom. The molecule has 0 aliphatic carbocycles. The van der Waals surface area contributed by atoms with Crippen molar-refractivity contribution in [1.82, 2.24) is 15.4 Å².